The molecule has 310 valence electrons. The van der Waals surface area contributed by atoms with Crippen LogP contribution in [0.15, 0.2) is 255 Å². The third kappa shape index (κ3) is 8.11. The zero-order valence-electron chi connectivity index (χ0n) is 36.0. The van der Waals surface area contributed by atoms with Crippen LogP contribution in [0, 0.1) is 0 Å². The summed E-state index contributed by atoms with van der Waals surface area (Å²) in [7, 11) is 0. The molecule has 0 amide bonds. The van der Waals surface area contributed by atoms with Gasteiger partial charge in [-0.05, 0) is 152 Å². The molecule has 0 aliphatic carbocycles. The van der Waals surface area contributed by atoms with E-state index < -0.39 is 0 Å². The van der Waals surface area contributed by atoms with Crippen molar-refractivity contribution in [2.24, 2.45) is 0 Å². The van der Waals surface area contributed by atoms with E-state index in [0.717, 1.165) is 112 Å². The molecule has 0 N–H and O–H groups in total. The number of rotatable bonds is 10. The monoisotopic (exact) mass is 842 g/mol. The average molecular weight is 843 g/mol. The first kappa shape index (κ1) is 40.0. The normalized spacial score (nSPS) is 11.0. The highest BCUT2D eigenvalue weighted by Gasteiger charge is 2.17. The fourth-order valence-electron chi connectivity index (χ4n) is 8.99. The molecule has 4 heterocycles. The Hall–Kier alpha value is -8.86. The Morgan fingerprint density at radius 2 is 0.379 bits per heavy atom. The van der Waals surface area contributed by atoms with E-state index >= 15 is 0 Å². The Bertz CT molecular complexity index is 3010. The molecule has 0 spiro atoms. The highest BCUT2D eigenvalue weighted by molar-refractivity contribution is 5.93. The van der Waals surface area contributed by atoms with E-state index in [1.165, 1.54) is 0 Å². The summed E-state index contributed by atoms with van der Waals surface area (Å²) in [6, 6.07) is 81.4. The minimum Gasteiger partial charge on any atom is -0.256 e. The first-order valence-corrected chi connectivity index (χ1v) is 22.2. The van der Waals surface area contributed by atoms with Gasteiger partial charge in [-0.1, -0.05) is 146 Å². The maximum absolute atomic E-state index is 4.77. The molecular weight excluding hydrogens is 801 g/mol. The molecule has 0 saturated carbocycles. The molecule has 0 radical (unpaired) electrons. The summed E-state index contributed by atoms with van der Waals surface area (Å²) in [5.74, 6) is 0. The van der Waals surface area contributed by atoms with Crippen LogP contribution >= 0.6 is 0 Å². The molecule has 0 bridgehead atoms. The largest absolute Gasteiger partial charge is 0.256 e. The van der Waals surface area contributed by atoms with Crippen LogP contribution in [-0.4, -0.2) is 19.9 Å². The lowest BCUT2D eigenvalue weighted by Crippen LogP contribution is -1.93. The van der Waals surface area contributed by atoms with Crippen LogP contribution in [0.25, 0.3) is 112 Å². The van der Waals surface area contributed by atoms with Gasteiger partial charge in [0.2, 0.25) is 0 Å². The van der Waals surface area contributed by atoms with Crippen LogP contribution in [0.4, 0.5) is 0 Å². The minimum atomic E-state index is 0.935. The van der Waals surface area contributed by atoms with E-state index in [9.17, 15) is 0 Å². The van der Waals surface area contributed by atoms with Crippen molar-refractivity contribution < 1.29 is 0 Å². The lowest BCUT2D eigenvalue weighted by atomic mass is 9.87. The van der Waals surface area contributed by atoms with Crippen LogP contribution in [0.2, 0.25) is 0 Å². The highest BCUT2D eigenvalue weighted by Crippen LogP contribution is 2.42. The molecule has 4 aromatic heterocycles. The van der Waals surface area contributed by atoms with Gasteiger partial charge in [0.15, 0.2) is 0 Å². The van der Waals surface area contributed by atoms with E-state index in [2.05, 4.69) is 182 Å². The van der Waals surface area contributed by atoms with Crippen molar-refractivity contribution >= 4 is 0 Å². The van der Waals surface area contributed by atoms with Gasteiger partial charge in [0.05, 0.1) is 22.8 Å². The van der Waals surface area contributed by atoms with E-state index in [-0.39, 0.29) is 0 Å². The van der Waals surface area contributed by atoms with Gasteiger partial charge in [0.25, 0.3) is 0 Å². The third-order valence-electron chi connectivity index (χ3n) is 12.1. The Balaban J connectivity index is 1.06. The Morgan fingerprint density at radius 3 is 0.606 bits per heavy atom. The molecule has 0 saturated heterocycles. The second-order valence-corrected chi connectivity index (χ2v) is 16.2. The maximum Gasteiger partial charge on any atom is 0.0708 e. The van der Waals surface area contributed by atoms with Crippen LogP contribution in [0.3, 0.4) is 0 Å². The van der Waals surface area contributed by atoms with Gasteiger partial charge < -0.3 is 0 Å². The number of hydrogen-bond acceptors (Lipinski definition) is 4. The first-order valence-electron chi connectivity index (χ1n) is 22.2. The molecule has 0 aliphatic heterocycles. The minimum absolute atomic E-state index is 0.935. The quantitative estimate of drug-likeness (QED) is 0.138. The van der Waals surface area contributed by atoms with Gasteiger partial charge in [-0.2, -0.15) is 0 Å². The van der Waals surface area contributed by atoms with Crippen molar-refractivity contribution in [3.8, 4) is 112 Å². The van der Waals surface area contributed by atoms with Crippen molar-refractivity contribution in [3.05, 3.63) is 255 Å². The molecule has 0 aliphatic rings. The molecule has 66 heavy (non-hydrogen) atoms. The fraction of sp³-hybridized carbons (Fsp3) is 0. The second kappa shape index (κ2) is 18.1. The van der Waals surface area contributed by atoms with E-state index in [0.29, 0.717) is 0 Å². The Morgan fingerprint density at radius 1 is 0.167 bits per heavy atom. The summed E-state index contributed by atoms with van der Waals surface area (Å²) in [5.41, 5.74) is 21.4. The van der Waals surface area contributed by atoms with Crippen LogP contribution in [0.1, 0.15) is 0 Å². The smallest absolute Gasteiger partial charge is 0.0708 e. The SMILES string of the molecule is c1ccc(-c2ccccc2-c2cc(-c3ccc(-c4cc(-c5ccccc5-c5ccccn5)cc(-c5ccccc5-c5ccccn5)c4)cc3)cc(-c3ccccc3-c3ccccn3)c2)nc1. The van der Waals surface area contributed by atoms with Crippen LogP contribution in [-0.2, 0) is 0 Å². The summed E-state index contributed by atoms with van der Waals surface area (Å²) in [6.45, 7) is 0. The van der Waals surface area contributed by atoms with Crippen LogP contribution < -0.4 is 0 Å². The molecule has 0 fully saturated rings. The molecule has 11 aromatic rings. The first-order chi connectivity index (χ1) is 32.7. The van der Waals surface area contributed by atoms with E-state index in [4.69, 9.17) is 19.9 Å². The van der Waals surface area contributed by atoms with Gasteiger partial charge in [0.1, 0.15) is 0 Å². The number of pyridine rings is 4. The molecule has 4 heteroatoms. The van der Waals surface area contributed by atoms with Gasteiger partial charge in [0, 0.05) is 47.0 Å². The van der Waals surface area contributed by atoms with Crippen molar-refractivity contribution in [1.82, 2.24) is 19.9 Å². The third-order valence-corrected chi connectivity index (χ3v) is 12.1. The molecule has 4 nitrogen and oxygen atoms in total. The summed E-state index contributed by atoms with van der Waals surface area (Å²) >= 11 is 0. The topological polar surface area (TPSA) is 51.6 Å². The van der Waals surface area contributed by atoms with Crippen molar-refractivity contribution in [1.29, 1.82) is 0 Å². The van der Waals surface area contributed by atoms with E-state index in [1.54, 1.807) is 0 Å². The second-order valence-electron chi connectivity index (χ2n) is 16.2. The lowest BCUT2D eigenvalue weighted by molar-refractivity contribution is 1.32. The Kier molecular flexibility index (Phi) is 10.9. The molecule has 0 atom stereocenters. The lowest BCUT2D eigenvalue weighted by Gasteiger charge is -2.17. The predicted octanol–water partition coefficient (Wildman–Crippen LogP) is 15.9. The Labute approximate surface area is 385 Å². The molecule has 0 unspecified atom stereocenters. The summed E-state index contributed by atoms with van der Waals surface area (Å²) in [5, 5.41) is 0. The summed E-state index contributed by atoms with van der Waals surface area (Å²) < 4.78 is 0. The fourth-order valence-corrected chi connectivity index (χ4v) is 8.99. The summed E-state index contributed by atoms with van der Waals surface area (Å²) in [6.07, 6.45) is 7.43. The highest BCUT2D eigenvalue weighted by atomic mass is 14.7. The number of aromatic nitrogens is 4. The zero-order valence-corrected chi connectivity index (χ0v) is 36.0. The van der Waals surface area contributed by atoms with Gasteiger partial charge in [-0.15, -0.1) is 0 Å². The van der Waals surface area contributed by atoms with Crippen molar-refractivity contribution in [2.75, 3.05) is 0 Å². The number of hydrogen-bond donors (Lipinski definition) is 0. The zero-order chi connectivity index (χ0) is 44.1. The van der Waals surface area contributed by atoms with E-state index in [1.807, 2.05) is 73.3 Å². The molecular formula is C62H42N4. The number of benzene rings is 7. The van der Waals surface area contributed by atoms with Gasteiger partial charge in [-0.3, -0.25) is 19.9 Å². The molecule has 11 rings (SSSR count). The average Bonchev–Trinajstić information content (AvgIpc) is 3.41. The predicted molar refractivity (Wildman–Crippen MR) is 272 cm³/mol. The maximum atomic E-state index is 4.77. The van der Waals surface area contributed by atoms with Crippen molar-refractivity contribution in [3.63, 3.8) is 0 Å². The summed E-state index contributed by atoms with van der Waals surface area (Å²) in [4.78, 5) is 19.1. The van der Waals surface area contributed by atoms with Gasteiger partial charge >= 0.3 is 0 Å². The molecule has 7 aromatic carbocycles. The van der Waals surface area contributed by atoms with Gasteiger partial charge in [-0.25, -0.2) is 0 Å². The number of nitrogens with zero attached hydrogens (tertiary/aromatic N) is 4. The van der Waals surface area contributed by atoms with Crippen LogP contribution in [0.5, 0.6) is 0 Å². The van der Waals surface area contributed by atoms with Crippen molar-refractivity contribution in [2.45, 2.75) is 0 Å². The standard InChI is InChI=1S/C62H42N4/c1-5-21-55(59-25-9-13-33-63-59)51(17-1)47-37-45(38-48(41-47)52-18-2-6-22-56(52)60-26-10-14-34-64-60)43-29-31-44(32-30-43)46-39-49(53-19-3-7-23-57(53)61-27-11-15-35-65-61)42-50(40-46)54-20-4-8-24-58(54)62-28-12-16-36-66-62/h1-42H.